The third-order valence-electron chi connectivity index (χ3n) is 5.47. The summed E-state index contributed by atoms with van der Waals surface area (Å²) in [7, 11) is 0. The number of hydrogen-bond acceptors (Lipinski definition) is 2. The van der Waals surface area contributed by atoms with Gasteiger partial charge in [-0.1, -0.05) is 77.1 Å². The first-order chi connectivity index (χ1) is 14.8. The van der Waals surface area contributed by atoms with Crippen molar-refractivity contribution in [3.05, 3.63) is 59.7 Å². The largest absolute Gasteiger partial charge is 0.255 e. The van der Waals surface area contributed by atoms with Gasteiger partial charge in [0.25, 0.3) is 0 Å². The standard InChI is InChI=1S/C28H40N2.Ni/c1-4-7-11-15-24-20-21-27(22-25(24)16-12-8-5-2)30-28(17-9-6-3)23-29-26-18-13-10-14-19-26;/h10,13-14,18-23H,4-9,11-12,15-17H2,1-3H3;. The van der Waals surface area contributed by atoms with E-state index in [-0.39, 0.29) is 16.5 Å². The molecule has 0 aliphatic heterocycles. The number of para-hydroxylation sites is 1. The first-order valence-electron chi connectivity index (χ1n) is 12.0. The van der Waals surface area contributed by atoms with Gasteiger partial charge >= 0.3 is 0 Å². The Bertz CT molecular complexity index is 781. The second kappa shape index (κ2) is 16.9. The van der Waals surface area contributed by atoms with Crippen molar-refractivity contribution in [3.63, 3.8) is 0 Å². The molecule has 172 valence electrons. The van der Waals surface area contributed by atoms with Gasteiger partial charge in [0, 0.05) is 22.7 Å². The van der Waals surface area contributed by atoms with Crippen LogP contribution in [0.2, 0.25) is 0 Å². The SMILES string of the molecule is CCCCCc1ccc(N=C(C=Nc2ccccc2)CCCC)cc1CCCCC.[Ni]. The Morgan fingerprint density at radius 3 is 2.00 bits per heavy atom. The number of nitrogens with zero attached hydrogens (tertiary/aromatic N) is 2. The van der Waals surface area contributed by atoms with Crippen LogP contribution in [0.25, 0.3) is 0 Å². The molecule has 0 bridgehead atoms. The molecule has 0 atom stereocenters. The third kappa shape index (κ3) is 10.9. The molecule has 2 rings (SSSR count). The summed E-state index contributed by atoms with van der Waals surface area (Å²) in [4.78, 5) is 9.66. The van der Waals surface area contributed by atoms with E-state index < -0.39 is 0 Å². The minimum Gasteiger partial charge on any atom is -0.255 e. The maximum atomic E-state index is 5.00. The average Bonchev–Trinajstić information content (AvgIpc) is 2.78. The summed E-state index contributed by atoms with van der Waals surface area (Å²) in [6.07, 6.45) is 15.3. The van der Waals surface area contributed by atoms with Gasteiger partial charge in [-0.05, 0) is 73.9 Å². The number of aliphatic imine (C=N–C) groups is 2. The summed E-state index contributed by atoms with van der Waals surface area (Å²) in [5, 5.41) is 0. The van der Waals surface area contributed by atoms with Crippen molar-refractivity contribution in [2.24, 2.45) is 9.98 Å². The molecule has 2 nitrogen and oxygen atoms in total. The van der Waals surface area contributed by atoms with E-state index in [1.807, 2.05) is 36.5 Å². The summed E-state index contributed by atoms with van der Waals surface area (Å²) in [5.41, 5.74) is 6.14. The molecule has 0 saturated heterocycles. The van der Waals surface area contributed by atoms with Crippen molar-refractivity contribution >= 4 is 23.3 Å². The Morgan fingerprint density at radius 2 is 1.35 bits per heavy atom. The predicted octanol–water partition coefficient (Wildman–Crippen LogP) is 8.81. The van der Waals surface area contributed by atoms with Crippen LogP contribution >= 0.6 is 0 Å². The zero-order chi connectivity index (χ0) is 21.4. The number of rotatable bonds is 14. The Balaban J connectivity index is 0.00000480. The van der Waals surface area contributed by atoms with E-state index in [0.717, 1.165) is 36.3 Å². The van der Waals surface area contributed by atoms with Crippen molar-refractivity contribution in [2.75, 3.05) is 0 Å². The van der Waals surface area contributed by atoms with Crippen LogP contribution in [0.5, 0.6) is 0 Å². The smallest absolute Gasteiger partial charge is 0.0636 e. The molecule has 0 saturated carbocycles. The normalized spacial score (nSPS) is 11.6. The van der Waals surface area contributed by atoms with Crippen molar-refractivity contribution in [2.45, 2.75) is 91.4 Å². The predicted molar refractivity (Wildman–Crippen MR) is 134 cm³/mol. The fourth-order valence-electron chi connectivity index (χ4n) is 3.63. The van der Waals surface area contributed by atoms with Gasteiger partial charge in [0.1, 0.15) is 0 Å². The minimum absolute atomic E-state index is 0. The van der Waals surface area contributed by atoms with E-state index in [9.17, 15) is 0 Å². The van der Waals surface area contributed by atoms with E-state index in [0.29, 0.717) is 0 Å². The van der Waals surface area contributed by atoms with Crippen molar-refractivity contribution in [3.8, 4) is 0 Å². The van der Waals surface area contributed by atoms with E-state index in [2.05, 4.69) is 44.0 Å². The summed E-state index contributed by atoms with van der Waals surface area (Å²) in [5.74, 6) is 0. The van der Waals surface area contributed by atoms with Gasteiger partial charge in [0.2, 0.25) is 0 Å². The second-order valence-electron chi connectivity index (χ2n) is 8.17. The van der Waals surface area contributed by atoms with Gasteiger partial charge in [-0.25, -0.2) is 0 Å². The van der Waals surface area contributed by atoms with Crippen LogP contribution in [0.1, 0.15) is 89.7 Å². The second-order valence-corrected chi connectivity index (χ2v) is 8.17. The molecule has 0 aliphatic rings. The van der Waals surface area contributed by atoms with Crippen LogP contribution in [0.4, 0.5) is 11.4 Å². The summed E-state index contributed by atoms with van der Waals surface area (Å²) in [6.45, 7) is 6.77. The molecule has 0 fully saturated rings. The van der Waals surface area contributed by atoms with Crippen LogP contribution in [0, 0.1) is 0 Å². The maximum absolute atomic E-state index is 5.00. The molecule has 0 aliphatic carbocycles. The van der Waals surface area contributed by atoms with E-state index in [4.69, 9.17) is 4.99 Å². The summed E-state index contributed by atoms with van der Waals surface area (Å²) in [6, 6.07) is 17.0. The number of unbranched alkanes of at least 4 members (excludes halogenated alkanes) is 5. The Morgan fingerprint density at radius 1 is 0.710 bits per heavy atom. The first kappa shape index (κ1) is 27.3. The van der Waals surface area contributed by atoms with Crippen molar-refractivity contribution in [1.29, 1.82) is 0 Å². The molecular formula is C28H40N2Ni. The topological polar surface area (TPSA) is 24.7 Å². The van der Waals surface area contributed by atoms with Gasteiger partial charge in [-0.3, -0.25) is 9.98 Å². The van der Waals surface area contributed by atoms with Crippen LogP contribution < -0.4 is 0 Å². The van der Waals surface area contributed by atoms with Gasteiger partial charge in [-0.15, -0.1) is 0 Å². The molecule has 3 heteroatoms. The number of hydrogen-bond donors (Lipinski definition) is 0. The van der Waals surface area contributed by atoms with E-state index in [1.165, 1.54) is 62.5 Å². The Kier molecular flexibility index (Phi) is 14.9. The van der Waals surface area contributed by atoms with Crippen LogP contribution in [-0.2, 0) is 29.3 Å². The molecule has 0 amide bonds. The van der Waals surface area contributed by atoms with Crippen LogP contribution in [-0.4, -0.2) is 11.9 Å². The average molecular weight is 463 g/mol. The third-order valence-corrected chi connectivity index (χ3v) is 5.47. The monoisotopic (exact) mass is 462 g/mol. The van der Waals surface area contributed by atoms with Crippen LogP contribution in [0.15, 0.2) is 58.5 Å². The van der Waals surface area contributed by atoms with E-state index in [1.54, 1.807) is 0 Å². The molecule has 0 spiro atoms. The number of aryl methyl sites for hydroxylation is 2. The Hall–Kier alpha value is -1.73. The van der Waals surface area contributed by atoms with E-state index >= 15 is 0 Å². The van der Waals surface area contributed by atoms with Gasteiger partial charge < -0.3 is 0 Å². The summed E-state index contributed by atoms with van der Waals surface area (Å²) >= 11 is 0. The molecule has 0 aromatic heterocycles. The molecule has 2 aromatic carbocycles. The maximum Gasteiger partial charge on any atom is 0.0636 e. The van der Waals surface area contributed by atoms with Gasteiger partial charge in [0.15, 0.2) is 0 Å². The molecule has 0 N–H and O–H groups in total. The zero-order valence-electron chi connectivity index (χ0n) is 19.7. The van der Waals surface area contributed by atoms with Gasteiger partial charge in [-0.2, -0.15) is 0 Å². The van der Waals surface area contributed by atoms with Gasteiger partial charge in [0.05, 0.1) is 17.1 Å². The molecule has 0 heterocycles. The minimum atomic E-state index is 0. The molecule has 0 radical (unpaired) electrons. The Labute approximate surface area is 200 Å². The first-order valence-corrected chi connectivity index (χ1v) is 12.0. The molecule has 2 aromatic rings. The van der Waals surface area contributed by atoms with Crippen molar-refractivity contribution < 1.29 is 16.5 Å². The van der Waals surface area contributed by atoms with Crippen LogP contribution in [0.3, 0.4) is 0 Å². The summed E-state index contributed by atoms with van der Waals surface area (Å²) < 4.78 is 0. The zero-order valence-corrected chi connectivity index (χ0v) is 20.7. The molecular weight excluding hydrogens is 423 g/mol. The van der Waals surface area contributed by atoms with Crippen molar-refractivity contribution in [1.82, 2.24) is 0 Å². The molecule has 0 unspecified atom stereocenters. The fourth-order valence-corrected chi connectivity index (χ4v) is 3.63. The quantitative estimate of drug-likeness (QED) is 0.152. The fraction of sp³-hybridized carbons (Fsp3) is 0.500. The molecule has 31 heavy (non-hydrogen) atoms. The number of benzene rings is 2.